The van der Waals surface area contributed by atoms with Crippen LogP contribution >= 0.6 is 0 Å². The van der Waals surface area contributed by atoms with Crippen LogP contribution in [0.15, 0.2) is 53.4 Å². The number of benzene rings is 2. The molecule has 1 atom stereocenters. The molecule has 184 valence electrons. The minimum Gasteiger partial charge on any atom is -0.370 e. The highest BCUT2D eigenvalue weighted by atomic mass is 32.2. The van der Waals surface area contributed by atoms with Crippen LogP contribution < -0.4 is 0 Å². The third kappa shape index (κ3) is 5.09. The Balaban J connectivity index is 1.16. The zero-order valence-corrected chi connectivity index (χ0v) is 20.6. The van der Waals surface area contributed by atoms with E-state index in [1.54, 1.807) is 24.3 Å². The third-order valence-corrected chi connectivity index (χ3v) is 8.93. The van der Waals surface area contributed by atoms with Gasteiger partial charge in [0.25, 0.3) is 10.1 Å². The molecular formula is C27H34O6S. The highest BCUT2D eigenvalue weighted by Gasteiger charge is 2.51. The van der Waals surface area contributed by atoms with Crippen LogP contribution in [0.2, 0.25) is 0 Å². The van der Waals surface area contributed by atoms with Crippen LogP contribution in [0.1, 0.15) is 61.6 Å². The lowest BCUT2D eigenvalue weighted by Crippen LogP contribution is -2.51. The molecule has 0 radical (unpaired) electrons. The Morgan fingerprint density at radius 3 is 2.32 bits per heavy atom. The molecule has 4 aliphatic rings. The smallest absolute Gasteiger partial charge is 0.296 e. The lowest BCUT2D eigenvalue weighted by atomic mass is 9.64. The predicted octanol–water partition coefficient (Wildman–Crippen LogP) is 5.23. The fraction of sp³-hybridized carbons (Fsp3) is 0.556. The van der Waals surface area contributed by atoms with Crippen molar-refractivity contribution in [2.24, 2.45) is 5.41 Å². The van der Waals surface area contributed by atoms with Crippen LogP contribution in [0.4, 0.5) is 0 Å². The van der Waals surface area contributed by atoms with E-state index in [4.69, 9.17) is 18.4 Å². The van der Waals surface area contributed by atoms with Gasteiger partial charge in [-0.3, -0.25) is 4.18 Å². The van der Waals surface area contributed by atoms with E-state index in [-0.39, 0.29) is 28.8 Å². The number of hydrogen-bond acceptors (Lipinski definition) is 6. The molecule has 2 aromatic carbocycles. The minimum atomic E-state index is -3.77. The third-order valence-electron chi connectivity index (χ3n) is 7.66. The first-order chi connectivity index (χ1) is 16.4. The normalized spacial score (nSPS) is 29.3. The largest absolute Gasteiger partial charge is 0.370 e. The topological polar surface area (TPSA) is 71.1 Å². The van der Waals surface area contributed by atoms with Crippen LogP contribution in [-0.4, -0.2) is 34.5 Å². The molecule has 6 rings (SSSR count). The van der Waals surface area contributed by atoms with Gasteiger partial charge in [-0.1, -0.05) is 42.0 Å². The molecule has 1 unspecified atom stereocenters. The van der Waals surface area contributed by atoms with Crippen molar-refractivity contribution in [1.29, 1.82) is 0 Å². The molecule has 0 aromatic heterocycles. The molecule has 1 saturated carbocycles. The van der Waals surface area contributed by atoms with Gasteiger partial charge < -0.3 is 14.2 Å². The average Bonchev–Trinajstić information content (AvgIpc) is 2.89. The quantitative estimate of drug-likeness (QED) is 0.476. The molecule has 7 heteroatoms. The maximum atomic E-state index is 12.6. The molecule has 3 saturated heterocycles. The molecule has 4 fully saturated rings. The molecule has 2 aromatic rings. The fourth-order valence-corrected chi connectivity index (χ4v) is 6.24. The summed E-state index contributed by atoms with van der Waals surface area (Å²) in [5.74, 6) is 0. The summed E-state index contributed by atoms with van der Waals surface area (Å²) in [5, 5.41) is 0. The number of ether oxygens (including phenoxy) is 3. The number of rotatable bonds is 8. The standard InChI is InChI=1S/C27H34O6S/c1-21-5-11-24(12-6-21)34(28,29)33-20-26-13-15-27(16-14-26,32-19-26)23-9-7-22(8-10-23)18-31-25-4-2-3-17-30-25/h5-12,25H,2-4,13-20H2,1H3. The average molecular weight is 487 g/mol. The zero-order valence-electron chi connectivity index (χ0n) is 19.8. The lowest BCUT2D eigenvalue weighted by Gasteiger charge is -2.53. The fourth-order valence-electron chi connectivity index (χ4n) is 5.23. The van der Waals surface area contributed by atoms with Crippen LogP contribution in [-0.2, 0) is 40.7 Å². The molecule has 6 nitrogen and oxygen atoms in total. The van der Waals surface area contributed by atoms with Gasteiger partial charge in [0, 0.05) is 12.0 Å². The number of aryl methyl sites for hydroxylation is 1. The van der Waals surface area contributed by atoms with Crippen molar-refractivity contribution in [1.82, 2.24) is 0 Å². The first kappa shape index (κ1) is 23.9. The van der Waals surface area contributed by atoms with Crippen molar-refractivity contribution in [3.63, 3.8) is 0 Å². The van der Waals surface area contributed by atoms with E-state index in [1.807, 2.05) is 6.92 Å². The summed E-state index contributed by atoms with van der Waals surface area (Å²) in [6.45, 7) is 3.94. The number of fused-ring (bicyclic) bond motifs is 3. The van der Waals surface area contributed by atoms with Gasteiger partial charge in [0.1, 0.15) is 0 Å². The Morgan fingerprint density at radius 2 is 1.71 bits per heavy atom. The van der Waals surface area contributed by atoms with Crippen molar-refractivity contribution in [2.45, 2.75) is 75.3 Å². The van der Waals surface area contributed by atoms with Gasteiger partial charge in [0.05, 0.1) is 30.3 Å². The molecule has 34 heavy (non-hydrogen) atoms. The summed E-state index contributed by atoms with van der Waals surface area (Å²) in [5.41, 5.74) is 2.80. The Hall–Kier alpha value is -1.77. The molecule has 0 amide bonds. The van der Waals surface area contributed by atoms with Gasteiger partial charge in [0.15, 0.2) is 6.29 Å². The van der Waals surface area contributed by atoms with Gasteiger partial charge in [-0.25, -0.2) is 0 Å². The van der Waals surface area contributed by atoms with E-state index >= 15 is 0 Å². The van der Waals surface area contributed by atoms with E-state index < -0.39 is 10.1 Å². The summed E-state index contributed by atoms with van der Waals surface area (Å²) in [4.78, 5) is 0.204. The highest BCUT2D eigenvalue weighted by molar-refractivity contribution is 7.86. The molecular weight excluding hydrogens is 452 g/mol. The van der Waals surface area contributed by atoms with Crippen molar-refractivity contribution < 1.29 is 26.8 Å². The van der Waals surface area contributed by atoms with E-state index in [2.05, 4.69) is 24.3 Å². The summed E-state index contributed by atoms with van der Waals surface area (Å²) in [6, 6.07) is 15.3. The Morgan fingerprint density at radius 1 is 0.971 bits per heavy atom. The lowest BCUT2D eigenvalue weighted by molar-refractivity contribution is -0.197. The Labute approximate surface area is 202 Å². The van der Waals surface area contributed by atoms with Gasteiger partial charge in [-0.2, -0.15) is 8.42 Å². The summed E-state index contributed by atoms with van der Waals surface area (Å²) in [6.07, 6.45) is 6.67. The second kappa shape index (κ2) is 9.70. The second-order valence-corrected chi connectivity index (χ2v) is 11.7. The van der Waals surface area contributed by atoms with Gasteiger partial charge in [0.2, 0.25) is 0 Å². The summed E-state index contributed by atoms with van der Waals surface area (Å²) >= 11 is 0. The molecule has 1 aliphatic carbocycles. The Kier molecular flexibility index (Phi) is 6.84. The van der Waals surface area contributed by atoms with E-state index in [1.165, 1.54) is 5.56 Å². The van der Waals surface area contributed by atoms with Gasteiger partial charge >= 0.3 is 0 Å². The van der Waals surface area contributed by atoms with E-state index in [9.17, 15) is 8.42 Å². The van der Waals surface area contributed by atoms with Crippen molar-refractivity contribution in [2.75, 3.05) is 19.8 Å². The predicted molar refractivity (Wildman–Crippen MR) is 128 cm³/mol. The van der Waals surface area contributed by atoms with Gasteiger partial charge in [-0.15, -0.1) is 0 Å². The molecule has 3 heterocycles. The first-order valence-corrected chi connectivity index (χ1v) is 13.7. The Bertz CT molecular complexity index is 1050. The SMILES string of the molecule is Cc1ccc(S(=O)(=O)OCC23CCC(c4ccc(COC5CCCCO5)cc4)(CC2)OC3)cc1. The summed E-state index contributed by atoms with van der Waals surface area (Å²) < 4.78 is 48.8. The van der Waals surface area contributed by atoms with Crippen molar-refractivity contribution >= 4 is 10.1 Å². The monoisotopic (exact) mass is 486 g/mol. The second-order valence-electron chi connectivity index (χ2n) is 10.1. The maximum Gasteiger partial charge on any atom is 0.296 e. The van der Waals surface area contributed by atoms with Crippen LogP contribution in [0.3, 0.4) is 0 Å². The van der Waals surface area contributed by atoms with Crippen molar-refractivity contribution in [3.8, 4) is 0 Å². The van der Waals surface area contributed by atoms with E-state index in [0.29, 0.717) is 13.2 Å². The van der Waals surface area contributed by atoms with Crippen LogP contribution in [0.25, 0.3) is 0 Å². The maximum absolute atomic E-state index is 12.6. The van der Waals surface area contributed by atoms with E-state index in [0.717, 1.165) is 62.7 Å². The van der Waals surface area contributed by atoms with Gasteiger partial charge in [-0.05, 0) is 75.1 Å². The zero-order chi connectivity index (χ0) is 23.7. The molecule has 3 aliphatic heterocycles. The first-order valence-electron chi connectivity index (χ1n) is 12.3. The van der Waals surface area contributed by atoms with Crippen LogP contribution in [0.5, 0.6) is 0 Å². The molecule has 2 bridgehead atoms. The van der Waals surface area contributed by atoms with Crippen LogP contribution in [0, 0.1) is 12.3 Å². The summed E-state index contributed by atoms with van der Waals surface area (Å²) in [7, 11) is -3.77. The minimum absolute atomic E-state index is 0.0859. The molecule has 0 spiro atoms. The highest BCUT2D eigenvalue weighted by Crippen LogP contribution is 2.53. The number of hydrogen-bond donors (Lipinski definition) is 0. The van der Waals surface area contributed by atoms with Crippen molar-refractivity contribution in [3.05, 3.63) is 65.2 Å². The molecule has 0 N–H and O–H groups in total.